The summed E-state index contributed by atoms with van der Waals surface area (Å²) in [4.78, 5) is 38.4. The van der Waals surface area contributed by atoms with Crippen molar-refractivity contribution >= 4 is 34.7 Å². The molecule has 0 radical (unpaired) electrons. The van der Waals surface area contributed by atoms with E-state index in [2.05, 4.69) is 10.6 Å². The number of thiophene rings is 1. The zero-order valence-corrected chi connectivity index (χ0v) is 19.4. The number of nitrogens with zero attached hydrogens (tertiary/aromatic N) is 1. The Morgan fingerprint density at radius 1 is 0.970 bits per heavy atom. The van der Waals surface area contributed by atoms with Gasteiger partial charge in [0, 0.05) is 31.9 Å². The summed E-state index contributed by atoms with van der Waals surface area (Å²) in [7, 11) is 4.82. The first kappa shape index (κ1) is 23.8. The molecular weight excluding hydrogens is 442 g/mol. The third-order valence-corrected chi connectivity index (χ3v) is 5.55. The van der Waals surface area contributed by atoms with Gasteiger partial charge in [-0.2, -0.15) is 0 Å². The summed E-state index contributed by atoms with van der Waals surface area (Å²) in [5.41, 5.74) is 1.89. The molecule has 172 valence electrons. The monoisotopic (exact) mass is 467 g/mol. The Hall–Kier alpha value is -3.85. The minimum atomic E-state index is -0.248. The Morgan fingerprint density at radius 2 is 1.73 bits per heavy atom. The maximum atomic E-state index is 12.5. The number of rotatable bonds is 9. The first-order valence-electron chi connectivity index (χ1n) is 10.1. The Morgan fingerprint density at radius 3 is 2.36 bits per heavy atom. The summed E-state index contributed by atoms with van der Waals surface area (Å²) in [5, 5.41) is 7.49. The summed E-state index contributed by atoms with van der Waals surface area (Å²) in [6.07, 6.45) is 0. The lowest BCUT2D eigenvalue weighted by Gasteiger charge is -2.14. The molecule has 3 amide bonds. The molecule has 0 aliphatic rings. The highest BCUT2D eigenvalue weighted by molar-refractivity contribution is 7.12. The average molecular weight is 468 g/mol. The number of hydrogen-bond acceptors (Lipinski definition) is 6. The molecule has 0 unspecified atom stereocenters. The molecule has 0 aliphatic carbocycles. The van der Waals surface area contributed by atoms with E-state index in [1.165, 1.54) is 23.3 Å². The molecule has 0 bridgehead atoms. The largest absolute Gasteiger partial charge is 0.493 e. The standard InChI is InChI=1S/C24H25N3O5S/c1-27(2)22(28)15-32-19-11-6-16(13-20(19)31-3)14-25-23(29)17-7-9-18(10-8-17)26-24(30)21-5-4-12-33-21/h4-13H,14-15H2,1-3H3,(H,25,29)(H,26,30). The number of amides is 3. The van der Waals surface area contributed by atoms with Crippen LogP contribution in [0.2, 0.25) is 0 Å². The smallest absolute Gasteiger partial charge is 0.265 e. The lowest BCUT2D eigenvalue weighted by Crippen LogP contribution is -2.27. The van der Waals surface area contributed by atoms with Gasteiger partial charge in [-0.15, -0.1) is 11.3 Å². The lowest BCUT2D eigenvalue weighted by molar-refractivity contribution is -0.130. The number of carbonyl (C=O) groups excluding carboxylic acids is 3. The van der Waals surface area contributed by atoms with Gasteiger partial charge in [0.05, 0.1) is 12.0 Å². The molecule has 3 rings (SSSR count). The van der Waals surface area contributed by atoms with E-state index in [9.17, 15) is 14.4 Å². The van der Waals surface area contributed by atoms with Gasteiger partial charge < -0.3 is 25.0 Å². The number of anilines is 1. The highest BCUT2D eigenvalue weighted by Gasteiger charge is 2.12. The molecule has 2 N–H and O–H groups in total. The highest BCUT2D eigenvalue weighted by atomic mass is 32.1. The van der Waals surface area contributed by atoms with E-state index in [-0.39, 0.29) is 30.9 Å². The van der Waals surface area contributed by atoms with Crippen molar-refractivity contribution in [3.8, 4) is 11.5 Å². The minimum absolute atomic E-state index is 0.0940. The van der Waals surface area contributed by atoms with E-state index in [0.29, 0.717) is 27.6 Å². The molecule has 0 atom stereocenters. The van der Waals surface area contributed by atoms with Crippen LogP contribution in [-0.4, -0.2) is 50.4 Å². The number of hydrogen-bond donors (Lipinski definition) is 2. The van der Waals surface area contributed by atoms with Crippen LogP contribution in [0, 0.1) is 0 Å². The van der Waals surface area contributed by atoms with E-state index >= 15 is 0 Å². The predicted octanol–water partition coefficient (Wildman–Crippen LogP) is 3.41. The average Bonchev–Trinajstić information content (AvgIpc) is 3.37. The molecule has 9 heteroatoms. The molecule has 33 heavy (non-hydrogen) atoms. The van der Waals surface area contributed by atoms with E-state index in [0.717, 1.165) is 5.56 Å². The Labute approximate surface area is 196 Å². The van der Waals surface area contributed by atoms with Crippen LogP contribution >= 0.6 is 11.3 Å². The maximum Gasteiger partial charge on any atom is 0.265 e. The van der Waals surface area contributed by atoms with Crippen molar-refractivity contribution in [2.24, 2.45) is 0 Å². The van der Waals surface area contributed by atoms with Crippen LogP contribution in [0.1, 0.15) is 25.6 Å². The quantitative estimate of drug-likeness (QED) is 0.503. The van der Waals surface area contributed by atoms with Crippen LogP contribution < -0.4 is 20.1 Å². The molecule has 0 fully saturated rings. The van der Waals surface area contributed by atoms with Gasteiger partial charge in [0.1, 0.15) is 0 Å². The first-order chi connectivity index (χ1) is 15.9. The second kappa shape index (κ2) is 11.1. The predicted molar refractivity (Wildman–Crippen MR) is 127 cm³/mol. The minimum Gasteiger partial charge on any atom is -0.493 e. The van der Waals surface area contributed by atoms with Crippen molar-refractivity contribution in [1.29, 1.82) is 0 Å². The number of ether oxygens (including phenoxy) is 2. The van der Waals surface area contributed by atoms with Crippen molar-refractivity contribution < 1.29 is 23.9 Å². The third-order valence-electron chi connectivity index (χ3n) is 4.68. The van der Waals surface area contributed by atoms with Gasteiger partial charge in [-0.25, -0.2) is 0 Å². The molecule has 8 nitrogen and oxygen atoms in total. The Balaban J connectivity index is 1.55. The van der Waals surface area contributed by atoms with Crippen LogP contribution in [0.15, 0.2) is 60.0 Å². The molecule has 0 saturated heterocycles. The van der Waals surface area contributed by atoms with E-state index in [1.807, 2.05) is 11.4 Å². The molecule has 0 aliphatic heterocycles. The molecule has 2 aromatic carbocycles. The zero-order valence-electron chi connectivity index (χ0n) is 18.6. The highest BCUT2D eigenvalue weighted by Crippen LogP contribution is 2.28. The normalized spacial score (nSPS) is 10.3. The second-order valence-corrected chi connectivity index (χ2v) is 8.20. The molecule has 3 aromatic rings. The van der Waals surface area contributed by atoms with Gasteiger partial charge in [0.25, 0.3) is 17.7 Å². The topological polar surface area (TPSA) is 97.0 Å². The van der Waals surface area contributed by atoms with Crippen molar-refractivity contribution in [2.75, 3.05) is 33.1 Å². The van der Waals surface area contributed by atoms with Gasteiger partial charge in [-0.3, -0.25) is 14.4 Å². The maximum absolute atomic E-state index is 12.5. The summed E-state index contributed by atoms with van der Waals surface area (Å²) in [6, 6.07) is 15.5. The van der Waals surface area contributed by atoms with Gasteiger partial charge in [-0.1, -0.05) is 12.1 Å². The SMILES string of the molecule is COc1cc(CNC(=O)c2ccc(NC(=O)c3cccs3)cc2)ccc1OCC(=O)N(C)C. The van der Waals surface area contributed by atoms with Crippen LogP contribution in [0.4, 0.5) is 5.69 Å². The van der Waals surface area contributed by atoms with Gasteiger partial charge in [0.2, 0.25) is 0 Å². The summed E-state index contributed by atoms with van der Waals surface area (Å²) >= 11 is 1.36. The van der Waals surface area contributed by atoms with Gasteiger partial charge in [-0.05, 0) is 53.4 Å². The number of carbonyl (C=O) groups is 3. The number of benzene rings is 2. The third kappa shape index (κ3) is 6.56. The fourth-order valence-corrected chi connectivity index (χ4v) is 3.42. The molecule has 0 spiro atoms. The molecular formula is C24H25N3O5S. The van der Waals surface area contributed by atoms with Crippen molar-refractivity contribution in [1.82, 2.24) is 10.2 Å². The van der Waals surface area contributed by atoms with Gasteiger partial charge in [0.15, 0.2) is 18.1 Å². The van der Waals surface area contributed by atoms with Crippen LogP contribution in [0.5, 0.6) is 11.5 Å². The summed E-state index contributed by atoms with van der Waals surface area (Å²) in [6.45, 7) is 0.187. The zero-order chi connectivity index (χ0) is 23.8. The fraction of sp³-hybridized carbons (Fsp3) is 0.208. The lowest BCUT2D eigenvalue weighted by atomic mass is 10.1. The number of methoxy groups -OCH3 is 1. The molecule has 1 heterocycles. The van der Waals surface area contributed by atoms with E-state index in [4.69, 9.17) is 9.47 Å². The van der Waals surface area contributed by atoms with Crippen LogP contribution in [0.3, 0.4) is 0 Å². The number of nitrogens with one attached hydrogen (secondary N) is 2. The van der Waals surface area contributed by atoms with Crippen LogP contribution in [0.25, 0.3) is 0 Å². The van der Waals surface area contributed by atoms with E-state index in [1.54, 1.807) is 62.6 Å². The Bertz CT molecular complexity index is 1110. The Kier molecular flexibility index (Phi) is 8.04. The van der Waals surface area contributed by atoms with Crippen molar-refractivity contribution in [3.05, 3.63) is 76.0 Å². The van der Waals surface area contributed by atoms with Crippen LogP contribution in [-0.2, 0) is 11.3 Å². The summed E-state index contributed by atoms with van der Waals surface area (Å²) in [5.74, 6) is 0.323. The van der Waals surface area contributed by atoms with Crippen molar-refractivity contribution in [3.63, 3.8) is 0 Å². The first-order valence-corrected chi connectivity index (χ1v) is 11.0. The van der Waals surface area contributed by atoms with Gasteiger partial charge >= 0.3 is 0 Å². The second-order valence-electron chi connectivity index (χ2n) is 7.25. The van der Waals surface area contributed by atoms with Crippen molar-refractivity contribution in [2.45, 2.75) is 6.54 Å². The number of likely N-dealkylation sites (N-methyl/N-ethyl adjacent to an activating group) is 1. The summed E-state index contributed by atoms with van der Waals surface area (Å²) < 4.78 is 10.9. The molecule has 0 saturated carbocycles. The fourth-order valence-electron chi connectivity index (χ4n) is 2.80. The van der Waals surface area contributed by atoms with E-state index < -0.39 is 0 Å². The molecule has 1 aromatic heterocycles.